The van der Waals surface area contributed by atoms with Crippen LogP contribution in [0.15, 0.2) is 66.9 Å². The molecule has 0 aliphatic heterocycles. The molecular formula is C21H23NSi. The first-order chi connectivity index (χ1) is 12.2. The van der Waals surface area contributed by atoms with Gasteiger partial charge in [0, 0.05) is 15.9 Å². The second-order valence-electron chi connectivity index (χ2n) is 6.81. The quantitative estimate of drug-likeness (QED) is 0.599. The molecule has 0 aliphatic carbocycles. The molecule has 0 saturated heterocycles. The fraction of sp³-hybridized carbons (Fsp3) is 0.190. The van der Waals surface area contributed by atoms with Gasteiger partial charge in [0.2, 0.25) is 0 Å². The van der Waals surface area contributed by atoms with Crippen LogP contribution in [0, 0.1) is 6.85 Å². The van der Waals surface area contributed by atoms with Crippen molar-refractivity contribution < 1.29 is 4.11 Å². The van der Waals surface area contributed by atoms with Gasteiger partial charge >= 0.3 is 0 Å². The molecule has 1 heterocycles. The van der Waals surface area contributed by atoms with Crippen LogP contribution in [0.3, 0.4) is 0 Å². The number of aryl methyl sites for hydroxylation is 1. The first-order valence-electron chi connectivity index (χ1n) is 9.33. The molecule has 0 fully saturated rings. The zero-order chi connectivity index (χ0) is 18.9. The molecule has 0 spiro atoms. The molecule has 0 radical (unpaired) electrons. The average molecular weight is 321 g/mol. The van der Waals surface area contributed by atoms with Crippen molar-refractivity contribution in [3.05, 3.63) is 72.4 Å². The van der Waals surface area contributed by atoms with Gasteiger partial charge in [-0.2, -0.15) is 0 Å². The molecule has 0 unspecified atom stereocenters. The van der Waals surface area contributed by atoms with E-state index in [-0.39, 0.29) is 0 Å². The topological polar surface area (TPSA) is 12.9 Å². The van der Waals surface area contributed by atoms with Gasteiger partial charge in [0.05, 0.1) is 13.8 Å². The molecule has 1 nitrogen and oxygen atoms in total. The van der Waals surface area contributed by atoms with Gasteiger partial charge in [-0.3, -0.25) is 4.98 Å². The largest absolute Gasteiger partial charge is 0.256 e. The molecule has 23 heavy (non-hydrogen) atoms. The average Bonchev–Trinajstić information content (AvgIpc) is 2.60. The Hall–Kier alpha value is -2.19. The van der Waals surface area contributed by atoms with Gasteiger partial charge in [0.15, 0.2) is 0 Å². The van der Waals surface area contributed by atoms with Crippen LogP contribution in [-0.2, 0) is 0 Å². The number of hydrogen-bond donors (Lipinski definition) is 0. The molecule has 116 valence electrons. The minimum Gasteiger partial charge on any atom is -0.256 e. The van der Waals surface area contributed by atoms with Crippen LogP contribution in [0.1, 0.15) is 9.68 Å². The van der Waals surface area contributed by atoms with E-state index in [0.717, 1.165) is 22.4 Å². The van der Waals surface area contributed by atoms with Crippen molar-refractivity contribution in [2.45, 2.75) is 26.5 Å². The van der Waals surface area contributed by atoms with E-state index < -0.39 is 14.9 Å². The van der Waals surface area contributed by atoms with Crippen molar-refractivity contribution in [2.24, 2.45) is 0 Å². The van der Waals surface area contributed by atoms with Gasteiger partial charge in [-0.15, -0.1) is 0 Å². The Bertz CT molecular complexity index is 895. The highest BCUT2D eigenvalue weighted by Gasteiger charge is 2.16. The van der Waals surface area contributed by atoms with Crippen LogP contribution in [0.25, 0.3) is 22.4 Å². The monoisotopic (exact) mass is 320 g/mol. The maximum absolute atomic E-state index is 7.86. The summed E-state index contributed by atoms with van der Waals surface area (Å²) in [6.07, 6.45) is 1.96. The second kappa shape index (κ2) is 6.13. The molecular weight excluding hydrogens is 294 g/mol. The Labute approximate surface area is 144 Å². The van der Waals surface area contributed by atoms with Crippen LogP contribution in [-0.4, -0.2) is 13.1 Å². The van der Waals surface area contributed by atoms with E-state index >= 15 is 0 Å². The lowest BCUT2D eigenvalue weighted by Gasteiger charge is -2.16. The van der Waals surface area contributed by atoms with E-state index in [1.165, 1.54) is 5.19 Å². The summed E-state index contributed by atoms with van der Waals surface area (Å²) in [5.74, 6) is 0. The van der Waals surface area contributed by atoms with Gasteiger partial charge in [0.1, 0.15) is 0 Å². The summed E-state index contributed by atoms with van der Waals surface area (Å²) < 4.78 is 23.6. The van der Waals surface area contributed by atoms with Crippen LogP contribution in [0.5, 0.6) is 0 Å². The molecule has 0 aliphatic rings. The van der Waals surface area contributed by atoms with E-state index in [2.05, 4.69) is 30.7 Å². The number of benzene rings is 2. The highest BCUT2D eigenvalue weighted by molar-refractivity contribution is 6.88. The lowest BCUT2D eigenvalue weighted by atomic mass is 9.97. The number of aromatic nitrogens is 1. The van der Waals surface area contributed by atoms with E-state index in [1.807, 2.05) is 54.7 Å². The first kappa shape index (κ1) is 12.3. The summed E-state index contributed by atoms with van der Waals surface area (Å²) in [6.45, 7) is 4.73. The molecule has 0 atom stereocenters. The van der Waals surface area contributed by atoms with E-state index in [1.54, 1.807) is 6.07 Å². The highest BCUT2D eigenvalue weighted by atomic mass is 28.3. The molecule has 0 N–H and O–H groups in total. The zero-order valence-electron chi connectivity index (χ0n) is 16.8. The van der Waals surface area contributed by atoms with Crippen molar-refractivity contribution >= 4 is 13.3 Å². The molecule has 2 heteroatoms. The lowest BCUT2D eigenvalue weighted by Crippen LogP contribution is -2.37. The van der Waals surface area contributed by atoms with E-state index in [9.17, 15) is 0 Å². The van der Waals surface area contributed by atoms with E-state index in [4.69, 9.17) is 4.11 Å². The van der Waals surface area contributed by atoms with Crippen LogP contribution < -0.4 is 5.19 Å². The third kappa shape index (κ3) is 3.43. The SMILES string of the molecule is [2H]C([2H])([2H])c1ccc(-c2ccc([Si](C)(C)C)cn2)cc1-c1ccccc1. The predicted octanol–water partition coefficient (Wildman–Crippen LogP) is 5.27. The molecule has 2 aromatic carbocycles. The molecule has 0 bridgehead atoms. The fourth-order valence-electron chi connectivity index (χ4n) is 2.57. The maximum Gasteiger partial charge on any atom is 0.0796 e. The summed E-state index contributed by atoms with van der Waals surface area (Å²) in [4.78, 5) is 4.64. The smallest absolute Gasteiger partial charge is 0.0796 e. The lowest BCUT2D eigenvalue weighted by molar-refractivity contribution is 1.33. The Kier molecular flexibility index (Phi) is 3.27. The molecule has 0 amide bonds. The third-order valence-electron chi connectivity index (χ3n) is 4.03. The van der Waals surface area contributed by atoms with E-state index in [0.29, 0.717) is 5.56 Å². The Morgan fingerprint density at radius 1 is 0.870 bits per heavy atom. The van der Waals surface area contributed by atoms with Gasteiger partial charge in [-0.25, -0.2) is 0 Å². The minimum absolute atomic E-state index is 0.367. The fourth-order valence-corrected chi connectivity index (χ4v) is 3.60. The summed E-state index contributed by atoms with van der Waals surface area (Å²) >= 11 is 0. The Morgan fingerprint density at radius 3 is 2.26 bits per heavy atom. The number of rotatable bonds is 3. The standard InChI is InChI=1S/C21H23NSi/c1-16-10-11-18(14-20(16)17-8-6-5-7-9-17)21-13-12-19(15-22-21)23(2,3)4/h5-15H,1-4H3/i1D3. The van der Waals surface area contributed by atoms with Crippen LogP contribution in [0.4, 0.5) is 0 Å². The normalized spacial score (nSPS) is 14.0. The molecule has 1 aromatic heterocycles. The van der Waals surface area contributed by atoms with Crippen molar-refractivity contribution in [3.63, 3.8) is 0 Å². The summed E-state index contributed by atoms with van der Waals surface area (Å²) in [6, 6.07) is 19.3. The zero-order valence-corrected chi connectivity index (χ0v) is 14.8. The number of hydrogen-bond acceptors (Lipinski definition) is 1. The van der Waals surface area contributed by atoms with Gasteiger partial charge in [-0.05, 0) is 40.9 Å². The van der Waals surface area contributed by atoms with Crippen molar-refractivity contribution in [1.29, 1.82) is 0 Å². The maximum atomic E-state index is 7.86. The van der Waals surface area contributed by atoms with Gasteiger partial charge < -0.3 is 0 Å². The second-order valence-corrected chi connectivity index (χ2v) is 11.9. The Morgan fingerprint density at radius 2 is 1.65 bits per heavy atom. The van der Waals surface area contributed by atoms with Crippen molar-refractivity contribution in [3.8, 4) is 22.4 Å². The number of nitrogens with zero attached hydrogens (tertiary/aromatic N) is 1. The number of pyridine rings is 1. The van der Waals surface area contributed by atoms with Gasteiger partial charge in [-0.1, -0.05) is 68.2 Å². The Balaban J connectivity index is 2.10. The summed E-state index contributed by atoms with van der Waals surface area (Å²) in [7, 11) is -1.39. The third-order valence-corrected chi connectivity index (χ3v) is 6.06. The minimum atomic E-state index is -2.15. The molecule has 0 saturated carbocycles. The molecule has 3 aromatic rings. The predicted molar refractivity (Wildman–Crippen MR) is 103 cm³/mol. The van der Waals surface area contributed by atoms with Crippen molar-refractivity contribution in [1.82, 2.24) is 4.98 Å². The first-order valence-corrected chi connectivity index (χ1v) is 11.3. The summed E-state index contributed by atoms with van der Waals surface area (Å²) in [5, 5.41) is 1.31. The van der Waals surface area contributed by atoms with Crippen molar-refractivity contribution in [2.75, 3.05) is 0 Å². The molecule has 3 rings (SSSR count). The van der Waals surface area contributed by atoms with Crippen LogP contribution in [0.2, 0.25) is 19.6 Å². The van der Waals surface area contributed by atoms with Gasteiger partial charge in [0.25, 0.3) is 0 Å². The van der Waals surface area contributed by atoms with Crippen LogP contribution >= 0.6 is 0 Å². The highest BCUT2D eigenvalue weighted by Crippen LogP contribution is 2.28. The summed E-state index contributed by atoms with van der Waals surface area (Å²) in [5.41, 5.74) is 3.80.